The lowest BCUT2D eigenvalue weighted by Crippen LogP contribution is -2.33. The molecule has 0 saturated heterocycles. The average Bonchev–Trinajstić information content (AvgIpc) is 3.38. The fourth-order valence-corrected chi connectivity index (χ4v) is 4.39. The Hall–Kier alpha value is -4.11. The summed E-state index contributed by atoms with van der Waals surface area (Å²) in [5, 5.41) is 17.9. The zero-order valence-corrected chi connectivity index (χ0v) is 18.1. The Morgan fingerprint density at radius 1 is 1.18 bits per heavy atom. The third-order valence-corrected chi connectivity index (χ3v) is 5.89. The molecule has 0 bridgehead atoms. The summed E-state index contributed by atoms with van der Waals surface area (Å²) in [5.41, 5.74) is 0.408. The van der Waals surface area contributed by atoms with Crippen LogP contribution in [0.25, 0.3) is 16.6 Å². The number of fused-ring (bicyclic) bond motifs is 1. The van der Waals surface area contributed by atoms with Crippen molar-refractivity contribution >= 4 is 34.1 Å². The van der Waals surface area contributed by atoms with E-state index in [-0.39, 0.29) is 29.3 Å². The number of hydrazone groups is 1. The summed E-state index contributed by atoms with van der Waals surface area (Å²) in [6.07, 6.45) is 1.98. The fourth-order valence-electron chi connectivity index (χ4n) is 4.20. The number of halogens is 1. The Balaban J connectivity index is 1.65. The maximum Gasteiger partial charge on any atom is 0.335 e. The van der Waals surface area contributed by atoms with Crippen LogP contribution < -0.4 is 11.2 Å². The van der Waals surface area contributed by atoms with Crippen LogP contribution in [0, 0.1) is 0 Å². The monoisotopic (exact) mass is 463 g/mol. The van der Waals surface area contributed by atoms with Crippen molar-refractivity contribution in [2.24, 2.45) is 5.10 Å². The van der Waals surface area contributed by atoms with Crippen LogP contribution in [0.2, 0.25) is 5.02 Å². The topological polar surface area (TPSA) is 124 Å². The predicted molar refractivity (Wildman–Crippen MR) is 124 cm³/mol. The molecule has 1 amide bonds. The lowest BCUT2D eigenvalue weighted by molar-refractivity contribution is -0.130. The minimum atomic E-state index is -0.821. The maximum atomic E-state index is 12.7. The molecule has 2 aromatic heterocycles. The fraction of sp³-hybridized carbons (Fsp3) is 0.130. The number of nitrogens with zero attached hydrogens (tertiary/aromatic N) is 3. The standard InChI is InChI=1S/C23H18ClN5O4/c1-12(30)29-19(16-11-25-17-8-3-2-7-15(16)17)10-18(27-29)20-21(31)26-23(33)28(22(20)32)14-6-4-5-13(24)9-14/h2-9,11,19,25,32H,10H2,1H3,(H,26,31,33)/t19-/m1/s1. The Labute approximate surface area is 191 Å². The highest BCUT2D eigenvalue weighted by Crippen LogP contribution is 2.37. The summed E-state index contributed by atoms with van der Waals surface area (Å²) in [6.45, 7) is 1.38. The van der Waals surface area contributed by atoms with Gasteiger partial charge in [0.2, 0.25) is 11.8 Å². The van der Waals surface area contributed by atoms with Crippen molar-refractivity contribution in [1.82, 2.24) is 19.5 Å². The van der Waals surface area contributed by atoms with Gasteiger partial charge in [-0.25, -0.2) is 14.4 Å². The summed E-state index contributed by atoms with van der Waals surface area (Å²) in [5.74, 6) is -0.896. The molecular formula is C23H18ClN5O4. The number of hydrogen-bond donors (Lipinski definition) is 3. The number of nitrogens with one attached hydrogen (secondary N) is 2. The lowest BCUT2D eigenvalue weighted by atomic mass is 9.98. The van der Waals surface area contributed by atoms with E-state index in [1.54, 1.807) is 24.4 Å². The van der Waals surface area contributed by atoms with Gasteiger partial charge in [0.1, 0.15) is 5.56 Å². The summed E-state index contributed by atoms with van der Waals surface area (Å²) in [4.78, 5) is 43.1. The average molecular weight is 464 g/mol. The highest BCUT2D eigenvalue weighted by atomic mass is 35.5. The molecule has 2 aromatic carbocycles. The number of para-hydroxylation sites is 1. The van der Waals surface area contributed by atoms with Gasteiger partial charge in [-0.2, -0.15) is 5.10 Å². The molecule has 3 N–H and O–H groups in total. The van der Waals surface area contributed by atoms with Crippen LogP contribution in [0.1, 0.15) is 30.5 Å². The summed E-state index contributed by atoms with van der Waals surface area (Å²) >= 11 is 6.04. The molecule has 1 atom stereocenters. The van der Waals surface area contributed by atoms with Gasteiger partial charge in [0.05, 0.1) is 17.4 Å². The Morgan fingerprint density at radius 2 is 1.97 bits per heavy atom. The van der Waals surface area contributed by atoms with Crippen molar-refractivity contribution in [1.29, 1.82) is 0 Å². The van der Waals surface area contributed by atoms with Crippen molar-refractivity contribution in [2.75, 3.05) is 0 Å². The largest absolute Gasteiger partial charge is 0.493 e. The number of benzene rings is 2. The molecule has 4 aromatic rings. The SMILES string of the molecule is CC(=O)N1N=C(c2c(O)n(-c3cccc(Cl)c3)c(=O)[nH]c2=O)C[C@@H]1c1c[nH]c2ccccc12. The molecule has 0 fully saturated rings. The van der Waals surface area contributed by atoms with Crippen LogP contribution in [0.15, 0.2) is 69.4 Å². The second kappa shape index (κ2) is 7.79. The number of rotatable bonds is 3. The lowest BCUT2D eigenvalue weighted by Gasteiger charge is -2.19. The molecule has 1 aliphatic heterocycles. The quantitative estimate of drug-likeness (QED) is 0.432. The van der Waals surface area contributed by atoms with Gasteiger partial charge in [-0.05, 0) is 24.3 Å². The number of aromatic nitrogens is 3. The van der Waals surface area contributed by atoms with E-state index >= 15 is 0 Å². The highest BCUT2D eigenvalue weighted by molar-refractivity contribution is 6.30. The number of amides is 1. The van der Waals surface area contributed by atoms with Gasteiger partial charge in [0, 0.05) is 41.0 Å². The third kappa shape index (κ3) is 3.42. The normalized spacial score (nSPS) is 15.8. The number of carbonyl (C=O) groups excluding carboxylic acids is 1. The molecule has 0 radical (unpaired) electrons. The van der Waals surface area contributed by atoms with Gasteiger partial charge in [0.25, 0.3) is 5.56 Å². The van der Waals surface area contributed by atoms with Crippen molar-refractivity contribution in [2.45, 2.75) is 19.4 Å². The molecule has 3 heterocycles. The van der Waals surface area contributed by atoms with Crippen molar-refractivity contribution in [3.8, 4) is 11.6 Å². The third-order valence-electron chi connectivity index (χ3n) is 5.65. The van der Waals surface area contributed by atoms with Gasteiger partial charge < -0.3 is 10.1 Å². The molecule has 0 saturated carbocycles. The first-order valence-corrected chi connectivity index (χ1v) is 10.5. The van der Waals surface area contributed by atoms with Gasteiger partial charge in [0.15, 0.2) is 0 Å². The molecule has 10 heteroatoms. The van der Waals surface area contributed by atoms with Crippen LogP contribution in [-0.2, 0) is 4.79 Å². The molecule has 0 unspecified atom stereocenters. The van der Waals surface area contributed by atoms with E-state index in [1.807, 2.05) is 24.3 Å². The number of hydrogen-bond acceptors (Lipinski definition) is 5. The van der Waals surface area contributed by atoms with E-state index < -0.39 is 23.2 Å². The van der Waals surface area contributed by atoms with E-state index in [0.29, 0.717) is 5.02 Å². The first-order valence-electron chi connectivity index (χ1n) is 10.1. The second-order valence-corrected chi connectivity index (χ2v) is 8.13. The van der Waals surface area contributed by atoms with Gasteiger partial charge in [-0.15, -0.1) is 0 Å². The molecule has 166 valence electrons. The van der Waals surface area contributed by atoms with E-state index in [1.165, 1.54) is 18.0 Å². The summed E-state index contributed by atoms with van der Waals surface area (Å²) < 4.78 is 0.947. The number of aromatic amines is 2. The number of H-pyrrole nitrogens is 2. The smallest absolute Gasteiger partial charge is 0.335 e. The maximum absolute atomic E-state index is 12.7. The molecule has 1 aliphatic rings. The molecule has 9 nitrogen and oxygen atoms in total. The van der Waals surface area contributed by atoms with Crippen LogP contribution >= 0.6 is 11.6 Å². The first kappa shape index (κ1) is 20.8. The summed E-state index contributed by atoms with van der Waals surface area (Å²) in [7, 11) is 0. The molecule has 33 heavy (non-hydrogen) atoms. The van der Waals surface area contributed by atoms with Crippen molar-refractivity contribution in [3.63, 3.8) is 0 Å². The zero-order chi connectivity index (χ0) is 23.3. The Morgan fingerprint density at radius 3 is 2.73 bits per heavy atom. The van der Waals surface area contributed by atoms with E-state index in [2.05, 4.69) is 15.1 Å². The van der Waals surface area contributed by atoms with E-state index in [0.717, 1.165) is 21.0 Å². The van der Waals surface area contributed by atoms with Gasteiger partial charge in [-0.3, -0.25) is 14.6 Å². The van der Waals surface area contributed by atoms with Gasteiger partial charge >= 0.3 is 5.69 Å². The van der Waals surface area contributed by atoms with E-state index in [4.69, 9.17) is 11.6 Å². The molecule has 0 aliphatic carbocycles. The second-order valence-electron chi connectivity index (χ2n) is 7.69. The molecule has 5 rings (SSSR count). The van der Waals surface area contributed by atoms with E-state index in [9.17, 15) is 19.5 Å². The highest BCUT2D eigenvalue weighted by Gasteiger charge is 2.35. The molecule has 0 spiro atoms. The van der Waals surface area contributed by atoms with Crippen LogP contribution in [0.5, 0.6) is 5.88 Å². The zero-order valence-electron chi connectivity index (χ0n) is 17.4. The van der Waals surface area contributed by atoms with Crippen LogP contribution in [-0.4, -0.2) is 36.3 Å². The van der Waals surface area contributed by atoms with Crippen LogP contribution in [0.3, 0.4) is 0 Å². The van der Waals surface area contributed by atoms with Crippen molar-refractivity contribution < 1.29 is 9.90 Å². The number of carbonyl (C=O) groups is 1. The van der Waals surface area contributed by atoms with Crippen LogP contribution in [0.4, 0.5) is 0 Å². The number of aromatic hydroxyl groups is 1. The predicted octanol–water partition coefficient (Wildman–Crippen LogP) is 3.06. The Bertz CT molecular complexity index is 1570. The minimum Gasteiger partial charge on any atom is -0.493 e. The molecular weight excluding hydrogens is 446 g/mol. The Kier molecular flexibility index (Phi) is 4.90. The van der Waals surface area contributed by atoms with Gasteiger partial charge in [-0.1, -0.05) is 35.9 Å². The summed E-state index contributed by atoms with van der Waals surface area (Å²) in [6, 6.07) is 13.5. The first-order chi connectivity index (χ1) is 15.8. The minimum absolute atomic E-state index is 0.172. The van der Waals surface area contributed by atoms with Crippen molar-refractivity contribution in [3.05, 3.63) is 91.7 Å².